The predicted molar refractivity (Wildman–Crippen MR) is 218 cm³/mol. The van der Waals surface area contributed by atoms with Gasteiger partial charge in [0.25, 0.3) is 0 Å². The van der Waals surface area contributed by atoms with E-state index in [9.17, 15) is 14.4 Å². The Morgan fingerprint density at radius 3 is 2.19 bits per heavy atom. The Kier molecular flexibility index (Phi) is 21.8. The molecule has 0 aliphatic heterocycles. The summed E-state index contributed by atoms with van der Waals surface area (Å²) < 4.78 is 21.8. The van der Waals surface area contributed by atoms with Gasteiger partial charge in [-0.05, 0) is 82.3 Å². The van der Waals surface area contributed by atoms with Gasteiger partial charge < -0.3 is 24.7 Å². The Hall–Kier alpha value is -3.63. The van der Waals surface area contributed by atoms with Crippen LogP contribution in [-0.2, 0) is 30.3 Å². The number of nitrogen functional groups attached to an aromatic ring is 1. The molecule has 53 heavy (non-hydrogen) atoms. The zero-order valence-electron chi connectivity index (χ0n) is 31.6. The van der Waals surface area contributed by atoms with Crippen molar-refractivity contribution in [2.24, 2.45) is 0 Å². The lowest BCUT2D eigenvalue weighted by Gasteiger charge is -2.34. The number of hydrogen-bond acceptors (Lipinski definition) is 9. The molecule has 294 valence electrons. The molecular formula is C43H63BrN2O7. The van der Waals surface area contributed by atoms with Gasteiger partial charge in [-0.15, -0.1) is 0 Å². The van der Waals surface area contributed by atoms with Crippen LogP contribution in [0.3, 0.4) is 0 Å². The van der Waals surface area contributed by atoms with Crippen LogP contribution in [0.5, 0.6) is 5.75 Å². The van der Waals surface area contributed by atoms with Gasteiger partial charge in [-0.3, -0.25) is 14.5 Å². The number of halogens is 1. The number of methoxy groups -OCH3 is 1. The standard InChI is InChI=1S/C31H49BrN2O6.C11H10O.CH4/c1-4-6-7-8-9-10-14-17-29(36)40-27(21-38-23(3)35)22-39-31(37)24-18-25(30(33)28(32)19-24)20-34(5-2)26-15-12-11-13-16-26;1-12-11-7-6-9-4-2-3-5-10(9)8-11;/h18-19,26-27H,4-17,20-22,33H2,1-3H3;2-8H,1H3;1H4. The third-order valence-electron chi connectivity index (χ3n) is 9.43. The zero-order chi connectivity index (χ0) is 37.7. The topological polar surface area (TPSA) is 117 Å². The lowest BCUT2D eigenvalue weighted by Crippen LogP contribution is -2.36. The van der Waals surface area contributed by atoms with Gasteiger partial charge in [-0.1, -0.05) is 109 Å². The van der Waals surface area contributed by atoms with E-state index in [0.717, 1.165) is 37.1 Å². The highest BCUT2D eigenvalue weighted by Crippen LogP contribution is 2.30. The van der Waals surface area contributed by atoms with Crippen molar-refractivity contribution in [1.29, 1.82) is 0 Å². The molecule has 0 aromatic heterocycles. The molecule has 1 aliphatic rings. The first-order chi connectivity index (χ1) is 25.1. The number of esters is 3. The Morgan fingerprint density at radius 1 is 0.868 bits per heavy atom. The molecule has 1 atom stereocenters. The molecule has 1 aliphatic carbocycles. The smallest absolute Gasteiger partial charge is 0.338 e. The number of unbranched alkanes of at least 4 members (excludes halogenated alkanes) is 6. The van der Waals surface area contributed by atoms with Crippen molar-refractivity contribution < 1.29 is 33.3 Å². The molecule has 0 saturated heterocycles. The van der Waals surface area contributed by atoms with E-state index < -0.39 is 18.0 Å². The summed E-state index contributed by atoms with van der Waals surface area (Å²) in [5.41, 5.74) is 8.21. The normalized spacial score (nSPS) is 13.3. The van der Waals surface area contributed by atoms with Crippen molar-refractivity contribution in [2.75, 3.05) is 32.6 Å². The summed E-state index contributed by atoms with van der Waals surface area (Å²) in [5, 5.41) is 2.47. The molecule has 0 heterocycles. The lowest BCUT2D eigenvalue weighted by atomic mass is 9.93. The molecule has 1 saturated carbocycles. The second-order valence-corrected chi connectivity index (χ2v) is 14.3. The molecule has 0 bridgehead atoms. The number of carbonyl (C=O) groups is 3. The van der Waals surface area contributed by atoms with Gasteiger partial charge in [0.15, 0.2) is 6.10 Å². The van der Waals surface area contributed by atoms with Crippen LogP contribution in [0.1, 0.15) is 128 Å². The third-order valence-corrected chi connectivity index (χ3v) is 10.1. The molecule has 0 radical (unpaired) electrons. The fourth-order valence-electron chi connectivity index (χ4n) is 6.43. The number of benzene rings is 3. The van der Waals surface area contributed by atoms with E-state index in [2.05, 4.69) is 52.9 Å². The number of nitrogens with zero attached hydrogens (tertiary/aromatic N) is 1. The maximum atomic E-state index is 13.0. The number of nitrogens with two attached hydrogens (primary N) is 1. The summed E-state index contributed by atoms with van der Waals surface area (Å²) >= 11 is 3.50. The third kappa shape index (κ3) is 16.5. The second kappa shape index (κ2) is 25.4. The first kappa shape index (κ1) is 45.5. The fourth-order valence-corrected chi connectivity index (χ4v) is 6.93. The predicted octanol–water partition coefficient (Wildman–Crippen LogP) is 10.4. The Labute approximate surface area is 326 Å². The average molecular weight is 800 g/mol. The van der Waals surface area contributed by atoms with Crippen LogP contribution in [0, 0.1) is 0 Å². The van der Waals surface area contributed by atoms with E-state index in [1.165, 1.54) is 75.5 Å². The van der Waals surface area contributed by atoms with E-state index in [1.54, 1.807) is 19.2 Å². The zero-order valence-corrected chi connectivity index (χ0v) is 33.2. The number of anilines is 1. The quantitative estimate of drug-likeness (QED) is 0.0547. The largest absolute Gasteiger partial charge is 0.497 e. The molecule has 2 N–H and O–H groups in total. The van der Waals surface area contributed by atoms with Gasteiger partial charge in [0, 0.05) is 30.4 Å². The molecule has 3 aromatic rings. The monoisotopic (exact) mass is 798 g/mol. The van der Waals surface area contributed by atoms with Crippen LogP contribution in [0.15, 0.2) is 59.1 Å². The van der Waals surface area contributed by atoms with Crippen LogP contribution in [-0.4, -0.2) is 61.8 Å². The molecular weight excluding hydrogens is 736 g/mol. The van der Waals surface area contributed by atoms with Gasteiger partial charge >= 0.3 is 17.9 Å². The van der Waals surface area contributed by atoms with Gasteiger partial charge in [-0.25, -0.2) is 4.79 Å². The molecule has 0 spiro atoms. The summed E-state index contributed by atoms with van der Waals surface area (Å²) in [6.45, 7) is 6.78. The van der Waals surface area contributed by atoms with Gasteiger partial charge in [0.05, 0.1) is 18.4 Å². The molecule has 3 aromatic carbocycles. The highest BCUT2D eigenvalue weighted by Gasteiger charge is 2.23. The summed E-state index contributed by atoms with van der Waals surface area (Å²) in [6, 6.07) is 18.3. The van der Waals surface area contributed by atoms with Crippen molar-refractivity contribution >= 4 is 50.3 Å². The second-order valence-electron chi connectivity index (χ2n) is 13.5. The van der Waals surface area contributed by atoms with Crippen molar-refractivity contribution in [3.8, 4) is 5.75 Å². The molecule has 0 amide bonds. The number of ether oxygens (including phenoxy) is 4. The van der Waals surface area contributed by atoms with Crippen LogP contribution >= 0.6 is 15.9 Å². The van der Waals surface area contributed by atoms with Crippen molar-refractivity contribution in [1.82, 2.24) is 4.90 Å². The maximum absolute atomic E-state index is 13.0. The minimum atomic E-state index is -0.872. The maximum Gasteiger partial charge on any atom is 0.338 e. The molecule has 1 unspecified atom stereocenters. The number of hydrogen-bond donors (Lipinski definition) is 1. The Balaban J connectivity index is 0.000000625. The minimum absolute atomic E-state index is 0. The SMILES string of the molecule is C.CCCCCCCCCC(=O)OC(COC(C)=O)COC(=O)c1cc(Br)c(N)c(CN(CC)C2CCCCC2)c1.COc1ccc2ccccc2c1. The van der Waals surface area contributed by atoms with Crippen LogP contribution in [0.4, 0.5) is 5.69 Å². The van der Waals surface area contributed by atoms with E-state index in [4.69, 9.17) is 24.7 Å². The number of carbonyl (C=O) groups excluding carboxylic acids is 3. The highest BCUT2D eigenvalue weighted by molar-refractivity contribution is 9.10. The van der Waals surface area contributed by atoms with E-state index in [-0.39, 0.29) is 33.0 Å². The summed E-state index contributed by atoms with van der Waals surface area (Å²) in [5.74, 6) is -0.529. The van der Waals surface area contributed by atoms with Crippen LogP contribution in [0.2, 0.25) is 0 Å². The van der Waals surface area contributed by atoms with Gasteiger partial charge in [0.2, 0.25) is 0 Å². The summed E-state index contributed by atoms with van der Waals surface area (Å²) in [4.78, 5) is 39.2. The first-order valence-electron chi connectivity index (χ1n) is 19.0. The van der Waals surface area contributed by atoms with Crippen molar-refractivity contribution in [2.45, 2.75) is 130 Å². The van der Waals surface area contributed by atoms with E-state index >= 15 is 0 Å². The lowest BCUT2D eigenvalue weighted by molar-refractivity contribution is -0.160. The van der Waals surface area contributed by atoms with Gasteiger partial charge in [-0.2, -0.15) is 0 Å². The average Bonchev–Trinajstić information content (AvgIpc) is 3.16. The number of fused-ring (bicyclic) bond motifs is 1. The number of rotatable bonds is 19. The Morgan fingerprint density at radius 2 is 1.53 bits per heavy atom. The summed E-state index contributed by atoms with van der Waals surface area (Å²) in [6.07, 6.45) is 13.2. The van der Waals surface area contributed by atoms with E-state index in [0.29, 0.717) is 28.3 Å². The van der Waals surface area contributed by atoms with Gasteiger partial charge in [0.1, 0.15) is 19.0 Å². The van der Waals surface area contributed by atoms with Crippen molar-refractivity contribution in [3.05, 3.63) is 70.2 Å². The molecule has 4 rings (SSSR count). The Bertz CT molecular complexity index is 1540. The van der Waals surface area contributed by atoms with E-state index in [1.807, 2.05) is 24.3 Å². The van der Waals surface area contributed by atoms with Crippen LogP contribution in [0.25, 0.3) is 10.8 Å². The minimum Gasteiger partial charge on any atom is -0.497 e. The first-order valence-corrected chi connectivity index (χ1v) is 19.8. The highest BCUT2D eigenvalue weighted by atomic mass is 79.9. The van der Waals surface area contributed by atoms with Crippen molar-refractivity contribution in [3.63, 3.8) is 0 Å². The fraction of sp³-hybridized carbons (Fsp3) is 0.558. The summed E-state index contributed by atoms with van der Waals surface area (Å²) in [7, 11) is 1.68. The molecule has 9 nitrogen and oxygen atoms in total. The molecule has 1 fully saturated rings. The molecule has 10 heteroatoms. The van der Waals surface area contributed by atoms with Crippen LogP contribution < -0.4 is 10.5 Å².